The molecule has 0 unspecified atom stereocenters. The predicted octanol–water partition coefficient (Wildman–Crippen LogP) is 2.71. The average molecular weight is 384 g/mol. The first-order valence-corrected chi connectivity index (χ1v) is 8.45. The smallest absolute Gasteiger partial charge is 0.335 e. The molecule has 2 aromatic carbocycles. The van der Waals surface area contributed by atoms with E-state index in [1.165, 1.54) is 23.1 Å². The van der Waals surface area contributed by atoms with Gasteiger partial charge in [0.15, 0.2) is 0 Å². The Morgan fingerprint density at radius 3 is 2.29 bits per heavy atom. The first-order chi connectivity index (χ1) is 13.3. The van der Waals surface area contributed by atoms with Crippen LogP contribution in [0.3, 0.4) is 0 Å². The molecule has 9 nitrogen and oxygen atoms in total. The minimum absolute atomic E-state index is 0.106. The van der Waals surface area contributed by atoms with Crippen LogP contribution in [0.4, 0.5) is 11.4 Å². The maximum atomic E-state index is 12.3. The Morgan fingerprint density at radius 1 is 1.04 bits per heavy atom. The van der Waals surface area contributed by atoms with Crippen molar-refractivity contribution in [3.63, 3.8) is 0 Å². The van der Waals surface area contributed by atoms with Gasteiger partial charge in [0, 0.05) is 19.0 Å². The Kier molecular flexibility index (Phi) is 5.08. The second-order valence-electron chi connectivity index (χ2n) is 6.33. The van der Waals surface area contributed by atoms with Crippen molar-refractivity contribution in [2.45, 2.75) is 19.3 Å². The quantitative estimate of drug-likeness (QED) is 0.577. The number of fused-ring (bicyclic) bond motifs is 1. The summed E-state index contributed by atoms with van der Waals surface area (Å²) >= 11 is 0. The topological polar surface area (TPSA) is 138 Å². The average Bonchev–Trinajstić information content (AvgIpc) is 3.09. The van der Waals surface area contributed by atoms with Crippen LogP contribution in [0.15, 0.2) is 36.4 Å². The van der Waals surface area contributed by atoms with Crippen LogP contribution in [0, 0.1) is 10.1 Å². The van der Waals surface area contributed by atoms with Gasteiger partial charge >= 0.3 is 11.9 Å². The molecular formula is C19H16N2O7. The van der Waals surface area contributed by atoms with Crippen LogP contribution < -0.4 is 4.90 Å². The molecule has 0 atom stereocenters. The lowest BCUT2D eigenvalue weighted by Gasteiger charge is -2.17. The number of amides is 1. The van der Waals surface area contributed by atoms with Crippen LogP contribution in [0.5, 0.6) is 0 Å². The van der Waals surface area contributed by atoms with Crippen molar-refractivity contribution in [3.8, 4) is 11.1 Å². The molecule has 0 spiro atoms. The molecule has 0 aromatic heterocycles. The van der Waals surface area contributed by atoms with E-state index in [1.807, 2.05) is 0 Å². The summed E-state index contributed by atoms with van der Waals surface area (Å²) in [6, 6.07) is 9.05. The number of nitro groups is 1. The zero-order chi connectivity index (χ0) is 20.4. The van der Waals surface area contributed by atoms with Crippen molar-refractivity contribution in [3.05, 3.63) is 57.6 Å². The largest absolute Gasteiger partial charge is 0.481 e. The SMILES string of the molecule is O=C(O)CCC(=O)N1CCc2cc(-c3ccc(C(=O)O)cc3)cc([N+](=O)[O-])c21. The molecule has 3 rings (SSSR count). The van der Waals surface area contributed by atoms with Gasteiger partial charge in [-0.1, -0.05) is 12.1 Å². The van der Waals surface area contributed by atoms with E-state index < -0.39 is 22.8 Å². The standard InChI is InChI=1S/C19H16N2O7/c22-16(5-6-17(23)24)20-8-7-13-9-14(10-15(18(13)20)21(27)28)11-1-3-12(4-2-11)19(25)26/h1-4,9-10H,5-8H2,(H,23,24)(H,25,26). The van der Waals surface area contributed by atoms with Crippen LogP contribution in [0.25, 0.3) is 11.1 Å². The molecule has 2 N–H and O–H groups in total. The lowest BCUT2D eigenvalue weighted by molar-refractivity contribution is -0.384. The Bertz CT molecular complexity index is 983. The highest BCUT2D eigenvalue weighted by molar-refractivity contribution is 6.00. The Morgan fingerprint density at radius 2 is 1.71 bits per heavy atom. The molecule has 1 aliphatic heterocycles. The van der Waals surface area contributed by atoms with Gasteiger partial charge in [-0.05, 0) is 41.3 Å². The number of rotatable bonds is 6. The monoisotopic (exact) mass is 384 g/mol. The molecule has 0 radical (unpaired) electrons. The van der Waals surface area contributed by atoms with Gasteiger partial charge in [-0.15, -0.1) is 0 Å². The number of aromatic carboxylic acids is 1. The molecule has 144 valence electrons. The van der Waals surface area contributed by atoms with Crippen molar-refractivity contribution in [2.75, 3.05) is 11.4 Å². The zero-order valence-corrected chi connectivity index (χ0v) is 14.6. The highest BCUT2D eigenvalue weighted by Gasteiger charge is 2.33. The molecule has 1 aliphatic rings. The summed E-state index contributed by atoms with van der Waals surface area (Å²) in [7, 11) is 0. The minimum atomic E-state index is -1.11. The Labute approximate surface area is 159 Å². The third-order valence-corrected chi connectivity index (χ3v) is 4.56. The fourth-order valence-electron chi connectivity index (χ4n) is 3.23. The lowest BCUT2D eigenvalue weighted by atomic mass is 9.99. The van der Waals surface area contributed by atoms with Crippen molar-refractivity contribution in [1.29, 1.82) is 0 Å². The molecular weight excluding hydrogens is 368 g/mol. The van der Waals surface area contributed by atoms with E-state index in [0.29, 0.717) is 23.1 Å². The third-order valence-electron chi connectivity index (χ3n) is 4.56. The molecule has 1 heterocycles. The van der Waals surface area contributed by atoms with Crippen LogP contribution in [-0.2, 0) is 16.0 Å². The molecule has 0 bridgehead atoms. The van der Waals surface area contributed by atoms with Gasteiger partial charge in [0.05, 0.1) is 16.9 Å². The molecule has 1 amide bonds. The summed E-state index contributed by atoms with van der Waals surface area (Å²) in [5, 5.41) is 29.3. The maximum Gasteiger partial charge on any atom is 0.335 e. The van der Waals surface area contributed by atoms with E-state index in [4.69, 9.17) is 10.2 Å². The normalized spacial score (nSPS) is 12.5. The Hall–Kier alpha value is -3.75. The number of nitrogens with zero attached hydrogens (tertiary/aromatic N) is 2. The second kappa shape index (κ2) is 7.47. The Balaban J connectivity index is 1.99. The minimum Gasteiger partial charge on any atom is -0.481 e. The highest BCUT2D eigenvalue weighted by Crippen LogP contribution is 2.41. The number of carbonyl (C=O) groups is 3. The summed E-state index contributed by atoms with van der Waals surface area (Å²) in [6.07, 6.45) is -0.160. The molecule has 0 saturated carbocycles. The molecule has 0 fully saturated rings. The molecule has 0 saturated heterocycles. The summed E-state index contributed by atoms with van der Waals surface area (Å²) in [5.41, 5.74) is 1.85. The third kappa shape index (κ3) is 3.68. The number of hydrogen-bond acceptors (Lipinski definition) is 5. The maximum absolute atomic E-state index is 12.3. The number of carboxylic acids is 2. The predicted molar refractivity (Wildman–Crippen MR) is 98.4 cm³/mol. The number of nitro benzene ring substituents is 1. The first-order valence-electron chi connectivity index (χ1n) is 8.45. The first kappa shape index (κ1) is 19.0. The number of anilines is 1. The molecule has 0 aliphatic carbocycles. The van der Waals surface area contributed by atoms with Gasteiger partial charge in [-0.25, -0.2) is 4.79 Å². The van der Waals surface area contributed by atoms with E-state index in [0.717, 1.165) is 0 Å². The van der Waals surface area contributed by atoms with Crippen molar-refractivity contribution in [2.24, 2.45) is 0 Å². The van der Waals surface area contributed by atoms with Gasteiger partial charge in [-0.3, -0.25) is 19.7 Å². The van der Waals surface area contributed by atoms with Gasteiger partial charge < -0.3 is 15.1 Å². The van der Waals surface area contributed by atoms with Crippen molar-refractivity contribution in [1.82, 2.24) is 0 Å². The molecule has 9 heteroatoms. The number of carboxylic acid groups (broad SMARTS) is 2. The molecule has 2 aromatic rings. The van der Waals surface area contributed by atoms with Crippen molar-refractivity contribution >= 4 is 29.2 Å². The van der Waals surface area contributed by atoms with Crippen LogP contribution in [-0.4, -0.2) is 39.5 Å². The highest BCUT2D eigenvalue weighted by atomic mass is 16.6. The van der Waals surface area contributed by atoms with Crippen LogP contribution in [0.2, 0.25) is 0 Å². The molecule has 28 heavy (non-hydrogen) atoms. The fraction of sp³-hybridized carbons (Fsp3) is 0.211. The summed E-state index contributed by atoms with van der Waals surface area (Å²) in [5.74, 6) is -2.65. The summed E-state index contributed by atoms with van der Waals surface area (Å²) in [6.45, 7) is 0.246. The van der Waals surface area contributed by atoms with Gasteiger partial charge in [0.1, 0.15) is 5.69 Å². The van der Waals surface area contributed by atoms with Gasteiger partial charge in [0.2, 0.25) is 5.91 Å². The fourth-order valence-corrected chi connectivity index (χ4v) is 3.23. The number of carbonyl (C=O) groups excluding carboxylic acids is 1. The van der Waals surface area contributed by atoms with Gasteiger partial charge in [-0.2, -0.15) is 0 Å². The number of benzene rings is 2. The van der Waals surface area contributed by atoms with E-state index >= 15 is 0 Å². The van der Waals surface area contributed by atoms with Crippen molar-refractivity contribution < 1.29 is 29.5 Å². The van der Waals surface area contributed by atoms with Gasteiger partial charge in [0.25, 0.3) is 5.69 Å². The lowest BCUT2D eigenvalue weighted by Crippen LogP contribution is -2.29. The van der Waals surface area contributed by atoms with E-state index in [1.54, 1.807) is 18.2 Å². The van der Waals surface area contributed by atoms with Crippen LogP contribution >= 0.6 is 0 Å². The number of aliphatic carboxylic acids is 1. The van der Waals surface area contributed by atoms with Crippen LogP contribution in [0.1, 0.15) is 28.8 Å². The van der Waals surface area contributed by atoms with E-state index in [-0.39, 0.29) is 36.3 Å². The summed E-state index contributed by atoms with van der Waals surface area (Å²) < 4.78 is 0. The zero-order valence-electron chi connectivity index (χ0n) is 14.6. The second-order valence-corrected chi connectivity index (χ2v) is 6.33. The number of hydrogen-bond donors (Lipinski definition) is 2. The van der Waals surface area contributed by atoms with E-state index in [2.05, 4.69) is 0 Å². The summed E-state index contributed by atoms with van der Waals surface area (Å²) in [4.78, 5) is 46.3. The van der Waals surface area contributed by atoms with E-state index in [9.17, 15) is 24.5 Å².